The van der Waals surface area contributed by atoms with Crippen molar-refractivity contribution in [2.75, 3.05) is 0 Å². The van der Waals surface area contributed by atoms with E-state index in [0.29, 0.717) is 5.58 Å². The first-order valence-corrected chi connectivity index (χ1v) is 4.34. The topological polar surface area (TPSA) is 46.0 Å². The fraction of sp³-hybridized carbons (Fsp3) is 0. The van der Waals surface area contributed by atoms with E-state index < -0.39 is 0 Å². The molecule has 0 aliphatic rings. The van der Waals surface area contributed by atoms with Gasteiger partial charge in [-0.25, -0.2) is 4.79 Å². The molecule has 0 spiro atoms. The van der Waals surface area contributed by atoms with Crippen molar-refractivity contribution >= 4 is 21.9 Å². The number of nitrogens with one attached hydrogen (secondary N) is 1. The first kappa shape index (κ1) is 7.38. The summed E-state index contributed by atoms with van der Waals surface area (Å²) < 4.78 is 5.16. The maximum absolute atomic E-state index is 11.1. The van der Waals surface area contributed by atoms with Crippen molar-refractivity contribution in [2.24, 2.45) is 0 Å². The molecule has 1 aromatic carbocycles. The number of hydrogen-bond donors (Lipinski definition) is 1. The molecule has 68 valence electrons. The summed E-state index contributed by atoms with van der Waals surface area (Å²) in [6.07, 6.45) is 1.83. The third kappa shape index (κ3) is 0.893. The summed E-state index contributed by atoms with van der Waals surface area (Å²) in [4.78, 5) is 14.1. The molecule has 0 aliphatic heterocycles. The average Bonchev–Trinajstić information content (AvgIpc) is 2.65. The van der Waals surface area contributed by atoms with E-state index in [1.807, 2.05) is 24.4 Å². The van der Waals surface area contributed by atoms with Gasteiger partial charge in [-0.05, 0) is 24.3 Å². The lowest BCUT2D eigenvalue weighted by Gasteiger charge is -1.96. The predicted octanol–water partition coefficient (Wildman–Crippen LogP) is 2.27. The SMILES string of the molecule is O=c1ccc2ccc3[nH]ccc3c2o1. The Morgan fingerprint density at radius 3 is 2.86 bits per heavy atom. The number of hydrogen-bond acceptors (Lipinski definition) is 2. The Labute approximate surface area is 79.0 Å². The standard InChI is InChI=1S/C11H7NO2/c13-10-4-2-7-1-3-9-8(5-6-12-9)11(7)14-10/h1-6,12H. The monoisotopic (exact) mass is 185 g/mol. The largest absolute Gasteiger partial charge is 0.422 e. The van der Waals surface area contributed by atoms with Crippen molar-refractivity contribution in [1.82, 2.24) is 4.98 Å². The Morgan fingerprint density at radius 1 is 1.07 bits per heavy atom. The van der Waals surface area contributed by atoms with E-state index in [4.69, 9.17) is 4.42 Å². The van der Waals surface area contributed by atoms with Crippen LogP contribution in [0.5, 0.6) is 0 Å². The number of aromatic amines is 1. The number of rotatable bonds is 0. The third-order valence-corrected chi connectivity index (χ3v) is 2.32. The molecule has 0 radical (unpaired) electrons. The van der Waals surface area contributed by atoms with Crippen molar-refractivity contribution in [1.29, 1.82) is 0 Å². The maximum Gasteiger partial charge on any atom is 0.336 e. The van der Waals surface area contributed by atoms with Crippen LogP contribution in [-0.2, 0) is 0 Å². The zero-order chi connectivity index (χ0) is 9.54. The van der Waals surface area contributed by atoms with Gasteiger partial charge in [0, 0.05) is 28.6 Å². The highest BCUT2D eigenvalue weighted by Gasteiger charge is 2.02. The molecule has 3 nitrogen and oxygen atoms in total. The minimum Gasteiger partial charge on any atom is -0.422 e. The van der Waals surface area contributed by atoms with Gasteiger partial charge in [0.2, 0.25) is 0 Å². The zero-order valence-corrected chi connectivity index (χ0v) is 7.28. The van der Waals surface area contributed by atoms with E-state index in [0.717, 1.165) is 16.3 Å². The number of benzene rings is 1. The Morgan fingerprint density at radius 2 is 1.93 bits per heavy atom. The van der Waals surface area contributed by atoms with Crippen LogP contribution in [0.15, 0.2) is 45.7 Å². The quantitative estimate of drug-likeness (QED) is 0.546. The van der Waals surface area contributed by atoms with Crippen LogP contribution in [0.3, 0.4) is 0 Å². The Bertz CT molecular complexity index is 663. The smallest absolute Gasteiger partial charge is 0.336 e. The summed E-state index contributed by atoms with van der Waals surface area (Å²) in [5.74, 6) is 0. The number of aromatic nitrogens is 1. The van der Waals surface area contributed by atoms with Crippen molar-refractivity contribution in [3.63, 3.8) is 0 Å². The van der Waals surface area contributed by atoms with E-state index in [2.05, 4.69) is 4.98 Å². The summed E-state index contributed by atoms with van der Waals surface area (Å²) in [6, 6.07) is 9.00. The molecular weight excluding hydrogens is 178 g/mol. The first-order chi connectivity index (χ1) is 6.84. The van der Waals surface area contributed by atoms with Gasteiger partial charge in [-0.3, -0.25) is 0 Å². The highest BCUT2D eigenvalue weighted by atomic mass is 16.4. The van der Waals surface area contributed by atoms with Gasteiger partial charge >= 0.3 is 5.63 Å². The summed E-state index contributed by atoms with van der Waals surface area (Å²) in [5.41, 5.74) is 1.31. The molecule has 3 heteroatoms. The molecule has 0 unspecified atom stereocenters. The van der Waals surface area contributed by atoms with Crippen molar-refractivity contribution in [3.05, 3.63) is 46.9 Å². The molecular formula is C11H7NO2. The molecule has 0 fully saturated rings. The highest BCUT2D eigenvalue weighted by molar-refractivity contribution is 6.02. The molecule has 3 aromatic rings. The van der Waals surface area contributed by atoms with E-state index in [-0.39, 0.29) is 5.63 Å². The fourth-order valence-electron chi connectivity index (χ4n) is 1.66. The molecule has 0 bridgehead atoms. The summed E-state index contributed by atoms with van der Waals surface area (Å²) in [5, 5.41) is 1.89. The van der Waals surface area contributed by atoms with Gasteiger partial charge in [0.1, 0.15) is 5.58 Å². The molecule has 3 rings (SSSR count). The number of fused-ring (bicyclic) bond motifs is 3. The van der Waals surface area contributed by atoms with Crippen LogP contribution >= 0.6 is 0 Å². The normalized spacial score (nSPS) is 11.1. The van der Waals surface area contributed by atoms with E-state index in [9.17, 15) is 4.79 Å². The Kier molecular flexibility index (Phi) is 1.31. The minimum atomic E-state index is -0.314. The lowest BCUT2D eigenvalue weighted by molar-refractivity contribution is 0.564. The maximum atomic E-state index is 11.1. The fourth-order valence-corrected chi connectivity index (χ4v) is 1.66. The molecule has 0 saturated heterocycles. The molecule has 0 aliphatic carbocycles. The van der Waals surface area contributed by atoms with Crippen LogP contribution < -0.4 is 5.63 Å². The molecule has 0 amide bonds. The van der Waals surface area contributed by atoms with E-state index >= 15 is 0 Å². The van der Waals surface area contributed by atoms with Gasteiger partial charge in [-0.2, -0.15) is 0 Å². The Hall–Kier alpha value is -2.03. The van der Waals surface area contributed by atoms with Crippen LogP contribution in [0.2, 0.25) is 0 Å². The lowest BCUT2D eigenvalue weighted by atomic mass is 10.2. The molecule has 0 saturated carbocycles. The molecule has 2 heterocycles. The van der Waals surface area contributed by atoms with Gasteiger partial charge in [-0.15, -0.1) is 0 Å². The summed E-state index contributed by atoms with van der Waals surface area (Å²) in [6.45, 7) is 0. The summed E-state index contributed by atoms with van der Waals surface area (Å²) >= 11 is 0. The average molecular weight is 185 g/mol. The number of H-pyrrole nitrogens is 1. The second-order valence-corrected chi connectivity index (χ2v) is 3.18. The van der Waals surface area contributed by atoms with Gasteiger partial charge in [0.05, 0.1) is 0 Å². The van der Waals surface area contributed by atoms with Crippen molar-refractivity contribution < 1.29 is 4.42 Å². The Balaban J connectivity index is 2.66. The van der Waals surface area contributed by atoms with E-state index in [1.165, 1.54) is 6.07 Å². The van der Waals surface area contributed by atoms with Crippen LogP contribution in [0.1, 0.15) is 0 Å². The van der Waals surface area contributed by atoms with Crippen LogP contribution in [0.4, 0.5) is 0 Å². The molecule has 2 aromatic heterocycles. The summed E-state index contributed by atoms with van der Waals surface area (Å²) in [7, 11) is 0. The minimum absolute atomic E-state index is 0.314. The third-order valence-electron chi connectivity index (χ3n) is 2.32. The molecule has 1 N–H and O–H groups in total. The van der Waals surface area contributed by atoms with Crippen LogP contribution in [-0.4, -0.2) is 4.98 Å². The van der Waals surface area contributed by atoms with E-state index in [1.54, 1.807) is 6.07 Å². The zero-order valence-electron chi connectivity index (χ0n) is 7.28. The van der Waals surface area contributed by atoms with Gasteiger partial charge in [0.25, 0.3) is 0 Å². The lowest BCUT2D eigenvalue weighted by Crippen LogP contribution is -1.94. The van der Waals surface area contributed by atoms with Crippen LogP contribution in [0, 0.1) is 0 Å². The molecule has 0 atom stereocenters. The van der Waals surface area contributed by atoms with Gasteiger partial charge in [-0.1, -0.05) is 0 Å². The van der Waals surface area contributed by atoms with Gasteiger partial charge < -0.3 is 9.40 Å². The van der Waals surface area contributed by atoms with Crippen molar-refractivity contribution in [2.45, 2.75) is 0 Å². The second-order valence-electron chi connectivity index (χ2n) is 3.18. The second kappa shape index (κ2) is 2.48. The van der Waals surface area contributed by atoms with Crippen molar-refractivity contribution in [3.8, 4) is 0 Å². The highest BCUT2D eigenvalue weighted by Crippen LogP contribution is 2.22. The predicted molar refractivity (Wildman–Crippen MR) is 54.3 cm³/mol. The van der Waals surface area contributed by atoms with Gasteiger partial charge in [0.15, 0.2) is 0 Å². The molecule has 14 heavy (non-hydrogen) atoms. The van der Waals surface area contributed by atoms with Crippen LogP contribution in [0.25, 0.3) is 21.9 Å². The first-order valence-electron chi connectivity index (χ1n) is 4.34.